The average molecular weight is 682 g/mol. The third-order valence-corrected chi connectivity index (χ3v) is 7.94. The van der Waals surface area contributed by atoms with E-state index >= 15 is 0 Å². The predicted octanol–water partition coefficient (Wildman–Crippen LogP) is 7.53. The van der Waals surface area contributed by atoms with Gasteiger partial charge in [0.05, 0.1) is 30.4 Å². The Labute approximate surface area is 291 Å². The van der Waals surface area contributed by atoms with Crippen molar-refractivity contribution in [1.82, 2.24) is 19.8 Å². The molecular formula is C37H53ClFN7O2. The third kappa shape index (κ3) is 11.6. The molecular weight excluding hydrogens is 629 g/mol. The van der Waals surface area contributed by atoms with Crippen LogP contribution in [0.15, 0.2) is 48.8 Å². The quantitative estimate of drug-likeness (QED) is 0.237. The Hall–Kier alpha value is -3.94. The maximum atomic E-state index is 13.3. The van der Waals surface area contributed by atoms with Crippen LogP contribution in [0.2, 0.25) is 5.02 Å². The van der Waals surface area contributed by atoms with Crippen LogP contribution in [0.4, 0.5) is 15.9 Å². The molecule has 1 fully saturated rings. The molecule has 0 spiro atoms. The maximum Gasteiger partial charge on any atom is 0.318 e. The second-order valence-electron chi connectivity index (χ2n) is 12.3. The molecule has 3 aromatic rings. The van der Waals surface area contributed by atoms with Crippen LogP contribution in [0, 0.1) is 17.2 Å². The van der Waals surface area contributed by atoms with Gasteiger partial charge >= 0.3 is 6.01 Å². The average Bonchev–Trinajstić information content (AvgIpc) is 3.07. The van der Waals surface area contributed by atoms with Crippen LogP contribution in [0.5, 0.6) is 6.01 Å². The van der Waals surface area contributed by atoms with Crippen molar-refractivity contribution in [3.63, 3.8) is 0 Å². The molecule has 0 saturated carbocycles. The van der Waals surface area contributed by atoms with Crippen molar-refractivity contribution in [2.45, 2.75) is 60.9 Å². The minimum absolute atomic E-state index is 0.308. The van der Waals surface area contributed by atoms with Gasteiger partial charge < -0.3 is 24.3 Å². The Morgan fingerprint density at radius 3 is 2.21 bits per heavy atom. The molecule has 9 nitrogen and oxygen atoms in total. The van der Waals surface area contributed by atoms with E-state index in [4.69, 9.17) is 21.6 Å². The monoisotopic (exact) mass is 681 g/mol. The van der Waals surface area contributed by atoms with Crippen LogP contribution in [-0.4, -0.2) is 85.6 Å². The zero-order valence-corrected chi connectivity index (χ0v) is 30.8. The molecule has 0 unspecified atom stereocenters. The molecule has 5 rings (SSSR count). The molecule has 11 heteroatoms. The number of hydrogen-bond donors (Lipinski definition) is 0. The van der Waals surface area contributed by atoms with E-state index in [9.17, 15) is 9.18 Å². The summed E-state index contributed by atoms with van der Waals surface area (Å²) in [5.41, 5.74) is 3.07. The van der Waals surface area contributed by atoms with Gasteiger partial charge in [0.25, 0.3) is 5.91 Å². The smallest absolute Gasteiger partial charge is 0.318 e. The molecule has 0 N–H and O–H groups in total. The number of nitrogens with zero attached hydrogens (tertiary/aromatic N) is 7. The highest BCUT2D eigenvalue weighted by molar-refractivity contribution is 6.36. The summed E-state index contributed by atoms with van der Waals surface area (Å²) in [6, 6.07) is 14.2. The van der Waals surface area contributed by atoms with Crippen LogP contribution < -0.4 is 14.5 Å². The lowest BCUT2D eigenvalue weighted by Gasteiger charge is -2.38. The predicted molar refractivity (Wildman–Crippen MR) is 197 cm³/mol. The summed E-state index contributed by atoms with van der Waals surface area (Å²) >= 11 is 6.57. The second kappa shape index (κ2) is 20.4. The van der Waals surface area contributed by atoms with Gasteiger partial charge in [-0.15, -0.1) is 0 Å². The lowest BCUT2D eigenvalue weighted by atomic mass is 10.0. The van der Waals surface area contributed by atoms with E-state index in [1.54, 1.807) is 13.2 Å². The van der Waals surface area contributed by atoms with Gasteiger partial charge in [-0.05, 0) is 56.4 Å². The maximum absolute atomic E-state index is 13.3. The highest BCUT2D eigenvalue weighted by atomic mass is 35.5. The molecule has 0 aliphatic carbocycles. The van der Waals surface area contributed by atoms with E-state index in [1.165, 1.54) is 31.3 Å². The van der Waals surface area contributed by atoms with Crippen molar-refractivity contribution in [2.75, 3.05) is 69.8 Å². The number of hydrogen-bond acceptors (Lipinski definition) is 8. The Bertz CT molecular complexity index is 1510. The topological polar surface area (TPSA) is 88.8 Å². The fourth-order valence-corrected chi connectivity index (χ4v) is 5.60. The minimum Gasteiger partial charge on any atom is -0.467 e. The van der Waals surface area contributed by atoms with Gasteiger partial charge in [0.1, 0.15) is 5.82 Å². The number of nitriles is 1. The second-order valence-corrected chi connectivity index (χ2v) is 12.7. The van der Waals surface area contributed by atoms with Crippen molar-refractivity contribution in [3.05, 3.63) is 65.1 Å². The van der Waals surface area contributed by atoms with Crippen LogP contribution in [-0.2, 0) is 17.8 Å². The van der Waals surface area contributed by atoms with Gasteiger partial charge in [0.15, 0.2) is 5.83 Å². The number of anilines is 2. The van der Waals surface area contributed by atoms with E-state index in [0.29, 0.717) is 38.7 Å². The Morgan fingerprint density at radius 2 is 1.69 bits per heavy atom. The molecule has 2 aromatic carbocycles. The molecule has 1 aromatic heterocycles. The summed E-state index contributed by atoms with van der Waals surface area (Å²) < 4.78 is 18.7. The van der Waals surface area contributed by atoms with E-state index in [1.807, 2.05) is 18.2 Å². The van der Waals surface area contributed by atoms with Crippen LogP contribution in [0.3, 0.4) is 0 Å². The number of ether oxygens (including phenoxy) is 1. The van der Waals surface area contributed by atoms with Gasteiger partial charge in [0.2, 0.25) is 0 Å². The highest BCUT2D eigenvalue weighted by Crippen LogP contribution is 2.37. The number of amides is 1. The molecule has 1 amide bonds. The van der Waals surface area contributed by atoms with Crippen LogP contribution >= 0.6 is 11.6 Å². The lowest BCUT2D eigenvalue weighted by molar-refractivity contribution is -0.128. The van der Waals surface area contributed by atoms with Gasteiger partial charge in [-0.3, -0.25) is 4.79 Å². The van der Waals surface area contributed by atoms with Crippen molar-refractivity contribution in [1.29, 1.82) is 5.26 Å². The van der Waals surface area contributed by atoms with Crippen molar-refractivity contribution in [2.24, 2.45) is 5.92 Å². The zero-order chi connectivity index (χ0) is 35.8. The number of carbonyl (C=O) groups is 1. The summed E-state index contributed by atoms with van der Waals surface area (Å²) in [6.07, 6.45) is 2.03. The number of fused-ring (bicyclic) bond motifs is 2. The Morgan fingerprint density at radius 1 is 1.08 bits per heavy atom. The van der Waals surface area contributed by atoms with Gasteiger partial charge in [-0.2, -0.15) is 15.2 Å². The number of carbonyl (C=O) groups excluding carboxylic acids is 1. The molecule has 262 valence electrons. The minimum atomic E-state index is -0.928. The molecule has 48 heavy (non-hydrogen) atoms. The zero-order valence-electron chi connectivity index (χ0n) is 30.0. The number of aromatic nitrogens is 2. The van der Waals surface area contributed by atoms with E-state index in [0.717, 1.165) is 57.4 Å². The Balaban J connectivity index is 0.000000486. The highest BCUT2D eigenvalue weighted by Gasteiger charge is 2.29. The SMILES string of the molecule is C=C(F)C(=O)N1CCN(c2nc(OC)nc3c2CCN(c2cccc4cccc(Cl)c24)C3)CC1.CC#N.CC(C)C.CCCN(C)CC. The number of rotatable bonds is 7. The number of piperazine rings is 1. The largest absolute Gasteiger partial charge is 0.467 e. The van der Waals surface area contributed by atoms with Crippen LogP contribution in [0.1, 0.15) is 59.2 Å². The summed E-state index contributed by atoms with van der Waals surface area (Å²) in [7, 11) is 3.70. The normalized spacial score (nSPS) is 13.7. The molecule has 2 aliphatic rings. The number of benzene rings is 2. The van der Waals surface area contributed by atoms with E-state index in [-0.39, 0.29) is 0 Å². The summed E-state index contributed by atoms with van der Waals surface area (Å²) in [5, 5.41) is 10.2. The van der Waals surface area contributed by atoms with Crippen molar-refractivity contribution >= 4 is 39.8 Å². The van der Waals surface area contributed by atoms with E-state index in [2.05, 4.69) is 91.1 Å². The fraction of sp³-hybridized carbons (Fsp3) is 0.514. The summed E-state index contributed by atoms with van der Waals surface area (Å²) in [5.74, 6) is 0.0816. The fourth-order valence-electron chi connectivity index (χ4n) is 5.32. The number of halogens is 2. The van der Waals surface area contributed by atoms with Gasteiger partial charge in [-0.1, -0.05) is 77.1 Å². The van der Waals surface area contributed by atoms with Crippen molar-refractivity contribution in [3.8, 4) is 12.1 Å². The van der Waals surface area contributed by atoms with E-state index < -0.39 is 11.7 Å². The Kier molecular flexibility index (Phi) is 17.1. The first kappa shape index (κ1) is 40.2. The molecule has 0 atom stereocenters. The van der Waals surface area contributed by atoms with Gasteiger partial charge in [0, 0.05) is 56.3 Å². The molecule has 1 saturated heterocycles. The first-order chi connectivity index (χ1) is 22.9. The lowest BCUT2D eigenvalue weighted by Crippen LogP contribution is -2.49. The van der Waals surface area contributed by atoms with Gasteiger partial charge in [-0.25, -0.2) is 4.39 Å². The molecule has 0 radical (unpaired) electrons. The summed E-state index contributed by atoms with van der Waals surface area (Å²) in [6.45, 7) is 21.1. The summed E-state index contributed by atoms with van der Waals surface area (Å²) in [4.78, 5) is 29.5. The van der Waals surface area contributed by atoms with Crippen LogP contribution in [0.25, 0.3) is 10.8 Å². The first-order valence-electron chi connectivity index (χ1n) is 16.7. The third-order valence-electron chi connectivity index (χ3n) is 7.62. The molecule has 0 bridgehead atoms. The van der Waals surface area contributed by atoms with Crippen molar-refractivity contribution < 1.29 is 13.9 Å². The number of methoxy groups -OCH3 is 1. The molecule has 3 heterocycles. The first-order valence-corrected chi connectivity index (χ1v) is 17.0. The molecule has 2 aliphatic heterocycles. The standard InChI is InChI=1S/C25H25ClFN5O2.C6H15N.C4H10.C2H3N/c1-16(27)24(33)31-13-11-30(12-14-31)23-18-9-10-32(15-20(18)28-25(29-23)34-2)21-8-4-6-17-5-3-7-19(26)22(17)21;1-4-6-7(3)5-2;1-4(2)3;1-2-3/h3-8H,1,9-15H2,2H3;4-6H2,1-3H3;4H,1-3H3;1H3.